The van der Waals surface area contributed by atoms with Gasteiger partial charge < -0.3 is 19.5 Å². The zero-order chi connectivity index (χ0) is 27.5. The van der Waals surface area contributed by atoms with Gasteiger partial charge in [0, 0.05) is 18.7 Å². The molecule has 3 rings (SSSR count). The third-order valence-electron chi connectivity index (χ3n) is 6.86. The largest absolute Gasteiger partial charge is 0.408 e. The van der Waals surface area contributed by atoms with Crippen molar-refractivity contribution in [3.8, 4) is 0 Å². The smallest absolute Gasteiger partial charge is 0.286 e. The van der Waals surface area contributed by atoms with Crippen LogP contribution in [0.15, 0.2) is 40.0 Å². The van der Waals surface area contributed by atoms with Crippen molar-refractivity contribution in [2.24, 2.45) is 5.92 Å². The fraction of sp³-hybridized carbons (Fsp3) is 0.607. The van der Waals surface area contributed by atoms with Crippen LogP contribution in [0.4, 0.5) is 0 Å². The maximum atomic E-state index is 13.7. The predicted molar refractivity (Wildman–Crippen MR) is 148 cm³/mol. The van der Waals surface area contributed by atoms with Crippen molar-refractivity contribution in [2.75, 3.05) is 26.4 Å². The maximum Gasteiger partial charge on any atom is 0.286 e. The zero-order valence-electron chi connectivity index (χ0n) is 23.0. The third kappa shape index (κ3) is 8.39. The molecule has 10 heteroatoms. The summed E-state index contributed by atoms with van der Waals surface area (Å²) in [6, 6.07) is 9.03. The minimum Gasteiger partial charge on any atom is -0.408 e. The van der Waals surface area contributed by atoms with Gasteiger partial charge in [-0.1, -0.05) is 62.4 Å². The summed E-state index contributed by atoms with van der Waals surface area (Å²) >= 11 is 1.39. The van der Waals surface area contributed by atoms with E-state index >= 15 is 0 Å². The summed E-state index contributed by atoms with van der Waals surface area (Å²) in [5.41, 5.74) is 0.155. The lowest BCUT2D eigenvalue weighted by Crippen LogP contribution is -2.65. The van der Waals surface area contributed by atoms with E-state index in [1.54, 1.807) is 0 Å². The summed E-state index contributed by atoms with van der Waals surface area (Å²) in [7, 11) is 3.96. The van der Waals surface area contributed by atoms with E-state index in [1.807, 2.05) is 63.2 Å². The molecule has 1 saturated carbocycles. The predicted octanol–water partition coefficient (Wildman–Crippen LogP) is 4.19. The molecule has 1 heterocycles. The number of hydrogen-bond donors (Lipinski definition) is 1. The van der Waals surface area contributed by atoms with Crippen LogP contribution in [0.5, 0.6) is 0 Å². The number of aromatic nitrogens is 2. The van der Waals surface area contributed by atoms with Crippen LogP contribution in [-0.4, -0.2) is 76.2 Å². The van der Waals surface area contributed by atoms with Crippen molar-refractivity contribution in [2.45, 2.75) is 82.1 Å². The SMILES string of the molecule is CC(C)CC(C(=O)c1nnc(SCCN(C)C)o1)N(C=O)C1(NC(=O)CCc2ccccc2)CCCCC1. The highest BCUT2D eigenvalue weighted by Gasteiger charge is 2.45. The first-order valence-corrected chi connectivity index (χ1v) is 14.5. The summed E-state index contributed by atoms with van der Waals surface area (Å²) in [5, 5.41) is 11.6. The van der Waals surface area contributed by atoms with Gasteiger partial charge >= 0.3 is 0 Å². The van der Waals surface area contributed by atoms with Gasteiger partial charge in [-0.15, -0.1) is 10.2 Å². The summed E-state index contributed by atoms with van der Waals surface area (Å²) in [5.74, 6) is 0.252. The monoisotopic (exact) mass is 543 g/mol. The fourth-order valence-corrected chi connectivity index (χ4v) is 5.77. The lowest BCUT2D eigenvalue weighted by atomic mass is 9.84. The Morgan fingerprint density at radius 1 is 1.13 bits per heavy atom. The second kappa shape index (κ2) is 14.4. The number of hydrogen-bond acceptors (Lipinski definition) is 8. The molecule has 38 heavy (non-hydrogen) atoms. The van der Waals surface area contributed by atoms with Crippen LogP contribution in [0.1, 0.15) is 75.0 Å². The number of nitrogens with zero attached hydrogens (tertiary/aromatic N) is 4. The van der Waals surface area contributed by atoms with E-state index in [2.05, 4.69) is 15.5 Å². The molecule has 2 amide bonds. The number of carbonyl (C=O) groups is 3. The van der Waals surface area contributed by atoms with Crippen molar-refractivity contribution < 1.29 is 18.8 Å². The average Bonchev–Trinajstić information content (AvgIpc) is 3.36. The first-order valence-electron chi connectivity index (χ1n) is 13.5. The molecule has 0 spiro atoms. The zero-order valence-corrected chi connectivity index (χ0v) is 23.8. The summed E-state index contributed by atoms with van der Waals surface area (Å²) < 4.78 is 5.72. The van der Waals surface area contributed by atoms with Gasteiger partial charge in [0.2, 0.25) is 18.1 Å². The third-order valence-corrected chi connectivity index (χ3v) is 7.66. The van der Waals surface area contributed by atoms with Gasteiger partial charge in [-0.05, 0) is 64.1 Å². The number of ketones is 1. The van der Waals surface area contributed by atoms with Gasteiger partial charge in [0.25, 0.3) is 11.1 Å². The molecule has 1 atom stereocenters. The van der Waals surface area contributed by atoms with Gasteiger partial charge in [-0.25, -0.2) is 0 Å². The molecule has 1 aromatic heterocycles. The molecule has 9 nitrogen and oxygen atoms in total. The van der Waals surface area contributed by atoms with Crippen molar-refractivity contribution in [3.05, 3.63) is 41.8 Å². The lowest BCUT2D eigenvalue weighted by Gasteiger charge is -2.48. The quantitative estimate of drug-likeness (QED) is 0.154. The molecule has 0 bridgehead atoms. The van der Waals surface area contributed by atoms with Crippen molar-refractivity contribution >= 4 is 29.9 Å². The van der Waals surface area contributed by atoms with E-state index in [9.17, 15) is 14.4 Å². The molecular weight excluding hydrogens is 502 g/mol. The molecule has 1 aliphatic carbocycles. The second-order valence-electron chi connectivity index (χ2n) is 10.7. The first kappa shape index (κ1) is 29.8. The van der Waals surface area contributed by atoms with Crippen molar-refractivity contribution in [1.82, 2.24) is 25.3 Å². The van der Waals surface area contributed by atoms with Crippen LogP contribution in [0, 0.1) is 5.92 Å². The normalized spacial score (nSPS) is 15.8. The molecule has 208 valence electrons. The molecule has 1 aromatic carbocycles. The molecule has 2 aromatic rings. The highest BCUT2D eigenvalue weighted by atomic mass is 32.2. The number of carbonyl (C=O) groups excluding carboxylic acids is 3. The molecule has 0 aliphatic heterocycles. The number of rotatable bonds is 15. The number of amides is 2. The number of nitrogens with one attached hydrogen (secondary N) is 1. The fourth-order valence-electron chi connectivity index (χ4n) is 4.90. The van der Waals surface area contributed by atoms with Crippen LogP contribution in [0.3, 0.4) is 0 Å². The van der Waals surface area contributed by atoms with E-state index in [-0.39, 0.29) is 23.5 Å². The van der Waals surface area contributed by atoms with Crippen LogP contribution >= 0.6 is 11.8 Å². The highest BCUT2D eigenvalue weighted by molar-refractivity contribution is 7.99. The summed E-state index contributed by atoms with van der Waals surface area (Å²) in [6.45, 7) is 4.84. The Bertz CT molecular complexity index is 1040. The molecule has 0 radical (unpaired) electrons. The molecule has 1 N–H and O–H groups in total. The van der Waals surface area contributed by atoms with E-state index < -0.39 is 11.7 Å². The average molecular weight is 544 g/mol. The summed E-state index contributed by atoms with van der Waals surface area (Å²) in [4.78, 5) is 43.2. The standard InChI is InChI=1S/C28H41N5O4S/c1-21(2)19-23(25(36)26-30-31-27(37-26)38-18-17-32(3)4)33(20-34)28(15-9-6-10-16-28)29-24(35)14-13-22-11-7-5-8-12-22/h5,7-8,11-12,20-21,23H,6,9-10,13-19H2,1-4H3,(H,29,35). The summed E-state index contributed by atoms with van der Waals surface area (Å²) in [6.07, 6.45) is 5.99. The first-order chi connectivity index (χ1) is 18.2. The second-order valence-corrected chi connectivity index (χ2v) is 11.7. The Labute approximate surface area is 230 Å². The Morgan fingerprint density at radius 3 is 2.47 bits per heavy atom. The highest BCUT2D eigenvalue weighted by Crippen LogP contribution is 2.34. The van der Waals surface area contributed by atoms with Gasteiger partial charge in [0.05, 0.1) is 0 Å². The van der Waals surface area contributed by atoms with Crippen LogP contribution in [0.2, 0.25) is 0 Å². The van der Waals surface area contributed by atoms with Crippen molar-refractivity contribution in [1.29, 1.82) is 0 Å². The van der Waals surface area contributed by atoms with Gasteiger partial charge in [0.1, 0.15) is 11.7 Å². The van der Waals surface area contributed by atoms with E-state index in [0.717, 1.165) is 43.5 Å². The van der Waals surface area contributed by atoms with E-state index in [1.165, 1.54) is 16.7 Å². The van der Waals surface area contributed by atoms with Gasteiger partial charge in [-0.3, -0.25) is 14.4 Å². The Kier molecular flexibility index (Phi) is 11.3. The lowest BCUT2D eigenvalue weighted by molar-refractivity contribution is -0.137. The molecule has 1 fully saturated rings. The van der Waals surface area contributed by atoms with Crippen LogP contribution in [0.25, 0.3) is 0 Å². The maximum absolute atomic E-state index is 13.7. The molecule has 0 saturated heterocycles. The molecule has 1 unspecified atom stereocenters. The molecular formula is C28H41N5O4S. The van der Waals surface area contributed by atoms with E-state index in [0.29, 0.717) is 37.3 Å². The van der Waals surface area contributed by atoms with Crippen LogP contribution < -0.4 is 5.32 Å². The number of benzene rings is 1. The number of thioether (sulfide) groups is 1. The minimum absolute atomic E-state index is 0.101. The molecule has 1 aliphatic rings. The van der Waals surface area contributed by atoms with Crippen molar-refractivity contribution in [3.63, 3.8) is 0 Å². The minimum atomic E-state index is -0.924. The topological polar surface area (TPSA) is 109 Å². The Balaban J connectivity index is 1.81. The van der Waals surface area contributed by atoms with Crippen LogP contribution in [-0.2, 0) is 16.0 Å². The van der Waals surface area contributed by atoms with E-state index in [4.69, 9.17) is 4.42 Å². The Morgan fingerprint density at radius 2 is 1.84 bits per heavy atom. The van der Waals surface area contributed by atoms with Gasteiger partial charge in [-0.2, -0.15) is 0 Å². The van der Waals surface area contributed by atoms with Gasteiger partial charge in [0.15, 0.2) is 0 Å². The number of Topliss-reactive ketones (excluding diaryl/α,β-unsaturated/α-hetero) is 1. The number of aryl methyl sites for hydroxylation is 1. The Hall–Kier alpha value is -2.72.